The molecule has 2 aliphatic heterocycles. The van der Waals surface area contributed by atoms with Gasteiger partial charge in [0, 0.05) is 55.4 Å². The average molecular weight is 519 g/mol. The van der Waals surface area contributed by atoms with Crippen molar-refractivity contribution in [3.05, 3.63) is 28.2 Å². The van der Waals surface area contributed by atoms with Gasteiger partial charge in [-0.1, -0.05) is 23.2 Å². The molecule has 0 unspecified atom stereocenters. The maximum Gasteiger partial charge on any atom is 0.248 e. The lowest BCUT2D eigenvalue weighted by molar-refractivity contribution is 0.441. The van der Waals surface area contributed by atoms with E-state index in [0.717, 1.165) is 12.8 Å². The first kappa shape index (κ1) is 25.8. The lowest BCUT2D eigenvalue weighted by atomic mass is 10.0. The third-order valence-electron chi connectivity index (χ3n) is 5.45. The molecule has 0 aliphatic carbocycles. The molecule has 2 aliphatic rings. The lowest BCUT2D eigenvalue weighted by Crippen LogP contribution is -2.54. The van der Waals surface area contributed by atoms with Crippen LogP contribution in [0.2, 0.25) is 10.0 Å². The summed E-state index contributed by atoms with van der Waals surface area (Å²) in [4.78, 5) is 17.8. The molecule has 0 bridgehead atoms. The Hall–Kier alpha value is -1.86. The van der Waals surface area contributed by atoms with E-state index in [1.54, 1.807) is 18.2 Å². The number of hydrazine groups is 1. The highest BCUT2D eigenvalue weighted by Crippen LogP contribution is 2.26. The van der Waals surface area contributed by atoms with Gasteiger partial charge in [0.15, 0.2) is 0 Å². The average Bonchev–Trinajstić information content (AvgIpc) is 2.73. The number of nitrogens with zero attached hydrogens (tertiary/aromatic N) is 5. The zero-order chi connectivity index (χ0) is 22.8. The number of benzene rings is 1. The van der Waals surface area contributed by atoms with Gasteiger partial charge in [-0.25, -0.2) is 0 Å². The van der Waals surface area contributed by atoms with E-state index < -0.39 is 0 Å². The summed E-state index contributed by atoms with van der Waals surface area (Å²) >= 11 is 12.3. The molecule has 3 heterocycles. The first-order chi connectivity index (χ1) is 15.3. The van der Waals surface area contributed by atoms with Crippen molar-refractivity contribution in [2.24, 2.45) is 22.9 Å². The number of rotatable bonds is 5. The van der Waals surface area contributed by atoms with Crippen LogP contribution in [0.15, 0.2) is 18.2 Å². The molecular formula is C19H30Cl3N11. The number of anilines is 4. The van der Waals surface area contributed by atoms with Crippen molar-refractivity contribution in [1.29, 1.82) is 0 Å². The number of nitrogens with two attached hydrogens (primary N) is 4. The predicted molar refractivity (Wildman–Crippen MR) is 136 cm³/mol. The van der Waals surface area contributed by atoms with Crippen LogP contribution in [0.5, 0.6) is 0 Å². The summed E-state index contributed by atoms with van der Waals surface area (Å²) in [6, 6.07) is 4.87. The molecule has 0 amide bonds. The van der Waals surface area contributed by atoms with E-state index in [1.807, 2.05) is 9.80 Å². The van der Waals surface area contributed by atoms with Crippen LogP contribution in [0.4, 0.5) is 23.5 Å². The molecule has 2 aromatic rings. The molecule has 33 heavy (non-hydrogen) atoms. The van der Waals surface area contributed by atoms with Crippen LogP contribution in [0.25, 0.3) is 0 Å². The zero-order valence-corrected chi connectivity index (χ0v) is 20.3. The summed E-state index contributed by atoms with van der Waals surface area (Å²) in [7, 11) is 0. The fourth-order valence-electron chi connectivity index (χ4n) is 4.09. The number of hydrogen-bond donors (Lipinski definition) is 6. The van der Waals surface area contributed by atoms with Gasteiger partial charge in [-0.05, 0) is 31.0 Å². The van der Waals surface area contributed by atoms with E-state index in [2.05, 4.69) is 20.8 Å². The minimum Gasteiger partial charge on any atom is -0.338 e. The topological polar surface area (TPSA) is 173 Å². The third kappa shape index (κ3) is 6.60. The summed E-state index contributed by atoms with van der Waals surface area (Å²) < 4.78 is 0. The molecule has 11 nitrogen and oxygen atoms in total. The van der Waals surface area contributed by atoms with Crippen LogP contribution in [0.3, 0.4) is 0 Å². The van der Waals surface area contributed by atoms with Gasteiger partial charge in [0.2, 0.25) is 17.8 Å². The number of nitrogens with one attached hydrogen (secondary N) is 2. The Labute approximate surface area is 208 Å². The molecule has 4 rings (SSSR count). The van der Waals surface area contributed by atoms with E-state index in [9.17, 15) is 0 Å². The third-order valence-corrected chi connectivity index (χ3v) is 6.01. The van der Waals surface area contributed by atoms with Crippen molar-refractivity contribution < 1.29 is 0 Å². The maximum atomic E-state index is 6.25. The first-order valence-electron chi connectivity index (χ1n) is 10.5. The van der Waals surface area contributed by atoms with E-state index >= 15 is 0 Å². The molecule has 0 spiro atoms. The second-order valence-electron chi connectivity index (χ2n) is 8.45. The molecule has 1 aromatic carbocycles. The van der Waals surface area contributed by atoms with Gasteiger partial charge in [0.25, 0.3) is 0 Å². The highest BCUT2D eigenvalue weighted by atomic mass is 35.5. The van der Waals surface area contributed by atoms with Crippen molar-refractivity contribution in [2.45, 2.75) is 37.0 Å². The molecule has 2 fully saturated rings. The number of halogens is 3. The Balaban J connectivity index is 0.00000306. The van der Waals surface area contributed by atoms with Gasteiger partial charge in [-0.2, -0.15) is 15.0 Å². The van der Waals surface area contributed by atoms with Crippen LogP contribution >= 0.6 is 35.6 Å². The number of hydrogen-bond acceptors (Lipinski definition) is 11. The van der Waals surface area contributed by atoms with Gasteiger partial charge in [0.1, 0.15) is 0 Å². The number of aromatic nitrogens is 3. The fraction of sp³-hybridized carbons (Fsp3) is 0.526. The summed E-state index contributed by atoms with van der Waals surface area (Å²) in [6.07, 6.45) is 1.51. The van der Waals surface area contributed by atoms with Gasteiger partial charge in [0.05, 0.1) is 10.7 Å². The van der Waals surface area contributed by atoms with E-state index in [1.165, 1.54) is 0 Å². The van der Waals surface area contributed by atoms with E-state index in [4.69, 9.17) is 51.1 Å². The van der Waals surface area contributed by atoms with Crippen molar-refractivity contribution >= 4 is 59.1 Å². The molecule has 0 radical (unpaired) electrons. The Bertz CT molecular complexity index is 885. The van der Waals surface area contributed by atoms with E-state index in [0.29, 0.717) is 59.8 Å². The zero-order valence-electron chi connectivity index (χ0n) is 18.0. The lowest BCUT2D eigenvalue weighted by Gasteiger charge is -2.37. The van der Waals surface area contributed by atoms with Gasteiger partial charge in [-0.15, -0.1) is 12.4 Å². The SMILES string of the molecule is Cl.N[C@@H]1C[C@H](N)CN(c2nc(NNc3cc(Cl)ccc3Cl)nc(N3C[C@H](N)C[C@H](N)C3)n2)C1. The Morgan fingerprint density at radius 1 is 0.758 bits per heavy atom. The van der Waals surface area contributed by atoms with Crippen molar-refractivity contribution in [3.8, 4) is 0 Å². The fourth-order valence-corrected chi connectivity index (χ4v) is 4.43. The van der Waals surface area contributed by atoms with E-state index in [-0.39, 0.29) is 36.6 Å². The van der Waals surface area contributed by atoms with Crippen LogP contribution in [0, 0.1) is 0 Å². The molecule has 10 N–H and O–H groups in total. The standard InChI is InChI=1S/C19H29Cl2N11.ClH/c20-10-1-2-15(21)16(3-10)29-30-17-26-18(31-6-11(22)4-12(23)7-31)28-19(27-17)32-8-13(24)5-14(25)9-32;/h1-3,11-14,29H,4-9,22-25H2,(H,26,27,28,30);1H/t11-,12+,13-,14+;. The largest absolute Gasteiger partial charge is 0.338 e. The van der Waals surface area contributed by atoms with Crippen molar-refractivity contribution in [3.63, 3.8) is 0 Å². The van der Waals surface area contributed by atoms with Crippen LogP contribution in [-0.2, 0) is 0 Å². The molecule has 2 saturated heterocycles. The summed E-state index contributed by atoms with van der Waals surface area (Å²) in [5, 5.41) is 1.04. The van der Waals surface area contributed by atoms with Crippen LogP contribution in [0.1, 0.15) is 12.8 Å². The monoisotopic (exact) mass is 517 g/mol. The molecule has 14 heteroatoms. The molecule has 4 atom stereocenters. The minimum absolute atomic E-state index is 0. The van der Waals surface area contributed by atoms with Gasteiger partial charge in [-0.3, -0.25) is 10.9 Å². The normalized spacial score (nSPS) is 25.4. The molecule has 182 valence electrons. The highest BCUT2D eigenvalue weighted by molar-refractivity contribution is 6.35. The molecule has 1 aromatic heterocycles. The Morgan fingerprint density at radius 2 is 1.24 bits per heavy atom. The van der Waals surface area contributed by atoms with Crippen molar-refractivity contribution in [1.82, 2.24) is 15.0 Å². The smallest absolute Gasteiger partial charge is 0.248 e. The number of piperidine rings is 2. The predicted octanol–water partition coefficient (Wildman–Crippen LogP) is 0.769. The second-order valence-corrected chi connectivity index (χ2v) is 9.30. The molecular weight excluding hydrogens is 489 g/mol. The van der Waals surface area contributed by atoms with Crippen LogP contribution < -0.4 is 43.6 Å². The maximum absolute atomic E-state index is 6.25. The first-order valence-corrected chi connectivity index (χ1v) is 11.3. The second kappa shape index (κ2) is 11.0. The quantitative estimate of drug-likeness (QED) is 0.308. The van der Waals surface area contributed by atoms with Crippen LogP contribution in [-0.4, -0.2) is 65.3 Å². The van der Waals surface area contributed by atoms with Gasteiger partial charge >= 0.3 is 0 Å². The summed E-state index contributed by atoms with van der Waals surface area (Å²) in [6.45, 7) is 2.40. The highest BCUT2D eigenvalue weighted by Gasteiger charge is 2.28. The van der Waals surface area contributed by atoms with Crippen molar-refractivity contribution in [2.75, 3.05) is 46.8 Å². The Kier molecular flexibility index (Phi) is 8.62. The molecule has 0 saturated carbocycles. The summed E-state index contributed by atoms with van der Waals surface area (Å²) in [5.41, 5.74) is 31.3. The summed E-state index contributed by atoms with van der Waals surface area (Å²) in [5.74, 6) is 1.27. The minimum atomic E-state index is -0.0596. The Morgan fingerprint density at radius 3 is 1.73 bits per heavy atom. The van der Waals surface area contributed by atoms with Gasteiger partial charge < -0.3 is 32.7 Å².